The normalized spacial score (nSPS) is 14.9. The monoisotopic (exact) mass is 285 g/mol. The molecular formula is C13H19NO4S. The number of carbonyl (C=O) groups is 1. The van der Waals surface area contributed by atoms with E-state index in [9.17, 15) is 13.2 Å². The number of carboxylic acids is 1. The van der Waals surface area contributed by atoms with Gasteiger partial charge in [0.15, 0.2) is 5.25 Å². The fourth-order valence-electron chi connectivity index (χ4n) is 1.77. The van der Waals surface area contributed by atoms with Crippen molar-refractivity contribution in [1.29, 1.82) is 0 Å². The number of sulfonamides is 1. The Morgan fingerprint density at radius 3 is 2.37 bits per heavy atom. The van der Waals surface area contributed by atoms with Crippen molar-refractivity contribution in [3.8, 4) is 0 Å². The molecule has 0 saturated heterocycles. The van der Waals surface area contributed by atoms with Gasteiger partial charge in [0.25, 0.3) is 0 Å². The van der Waals surface area contributed by atoms with Crippen molar-refractivity contribution in [3.63, 3.8) is 0 Å². The van der Waals surface area contributed by atoms with Crippen molar-refractivity contribution in [1.82, 2.24) is 4.72 Å². The van der Waals surface area contributed by atoms with Crippen molar-refractivity contribution in [2.24, 2.45) is 0 Å². The average molecular weight is 285 g/mol. The van der Waals surface area contributed by atoms with Gasteiger partial charge in [0.2, 0.25) is 10.0 Å². The molecule has 0 saturated carbocycles. The molecule has 0 heterocycles. The van der Waals surface area contributed by atoms with Gasteiger partial charge in [0, 0.05) is 6.04 Å². The molecule has 1 aromatic carbocycles. The lowest BCUT2D eigenvalue weighted by molar-refractivity contribution is -0.136. The van der Waals surface area contributed by atoms with Gasteiger partial charge in [-0.1, -0.05) is 23.8 Å². The molecule has 0 aliphatic heterocycles. The Balaban J connectivity index is 3.00. The summed E-state index contributed by atoms with van der Waals surface area (Å²) < 4.78 is 26.1. The molecule has 0 radical (unpaired) electrons. The van der Waals surface area contributed by atoms with Gasteiger partial charge in [0.1, 0.15) is 0 Å². The summed E-state index contributed by atoms with van der Waals surface area (Å²) >= 11 is 0. The minimum Gasteiger partial charge on any atom is -0.480 e. The fourth-order valence-corrected chi connectivity index (χ4v) is 2.86. The van der Waals surface area contributed by atoms with E-state index >= 15 is 0 Å². The molecule has 0 bridgehead atoms. The molecule has 0 aliphatic carbocycles. The SMILES string of the molecule is Cc1ccc(C)c(C(C)NS(=O)(=O)C(C)C(=O)O)c1. The molecule has 19 heavy (non-hydrogen) atoms. The zero-order valence-corrected chi connectivity index (χ0v) is 12.3. The fraction of sp³-hybridized carbons (Fsp3) is 0.462. The number of hydrogen-bond acceptors (Lipinski definition) is 3. The third-order valence-electron chi connectivity index (χ3n) is 3.06. The second kappa shape index (κ2) is 5.71. The second-order valence-corrected chi connectivity index (χ2v) is 6.76. The van der Waals surface area contributed by atoms with Crippen molar-refractivity contribution in [2.45, 2.75) is 39.0 Å². The van der Waals surface area contributed by atoms with Crippen LogP contribution < -0.4 is 4.72 Å². The zero-order valence-electron chi connectivity index (χ0n) is 11.5. The summed E-state index contributed by atoms with van der Waals surface area (Å²) in [6, 6.07) is 5.29. The van der Waals surface area contributed by atoms with E-state index in [0.717, 1.165) is 23.6 Å². The Hall–Kier alpha value is -1.40. The van der Waals surface area contributed by atoms with Crippen molar-refractivity contribution >= 4 is 16.0 Å². The third kappa shape index (κ3) is 3.78. The predicted molar refractivity (Wildman–Crippen MR) is 73.5 cm³/mol. The Bertz CT molecular complexity index is 580. The van der Waals surface area contributed by atoms with Gasteiger partial charge >= 0.3 is 5.97 Å². The number of aliphatic carboxylic acids is 1. The van der Waals surface area contributed by atoms with Crippen LogP contribution in [0.3, 0.4) is 0 Å². The second-order valence-electron chi connectivity index (χ2n) is 4.73. The van der Waals surface area contributed by atoms with Gasteiger partial charge in [-0.05, 0) is 38.8 Å². The molecule has 0 fully saturated rings. The first kappa shape index (κ1) is 15.7. The summed E-state index contributed by atoms with van der Waals surface area (Å²) in [4.78, 5) is 10.8. The van der Waals surface area contributed by atoms with E-state index in [4.69, 9.17) is 5.11 Å². The lowest BCUT2D eigenvalue weighted by atomic mass is 10.0. The molecule has 2 unspecified atom stereocenters. The maximum absolute atomic E-state index is 11.9. The highest BCUT2D eigenvalue weighted by Crippen LogP contribution is 2.20. The van der Waals surface area contributed by atoms with E-state index in [0.29, 0.717) is 0 Å². The number of benzene rings is 1. The van der Waals surface area contributed by atoms with Crippen LogP contribution in [0, 0.1) is 13.8 Å². The molecule has 2 N–H and O–H groups in total. The molecule has 0 aromatic heterocycles. The van der Waals surface area contributed by atoms with E-state index < -0.39 is 27.3 Å². The van der Waals surface area contributed by atoms with Crippen LogP contribution in [0.2, 0.25) is 0 Å². The van der Waals surface area contributed by atoms with Crippen molar-refractivity contribution < 1.29 is 18.3 Å². The van der Waals surface area contributed by atoms with Gasteiger partial charge in [-0.15, -0.1) is 0 Å². The van der Waals surface area contributed by atoms with E-state index in [1.54, 1.807) is 6.92 Å². The molecule has 106 valence electrons. The standard InChI is InChI=1S/C13H19NO4S/c1-8-5-6-9(2)12(7-8)10(3)14-19(17,18)11(4)13(15)16/h5-7,10-11,14H,1-4H3,(H,15,16). The summed E-state index contributed by atoms with van der Waals surface area (Å²) in [5, 5.41) is 7.31. The molecular weight excluding hydrogens is 266 g/mol. The van der Waals surface area contributed by atoms with Crippen LogP contribution in [0.4, 0.5) is 0 Å². The smallest absolute Gasteiger partial charge is 0.323 e. The first-order valence-electron chi connectivity index (χ1n) is 5.96. The van der Waals surface area contributed by atoms with Gasteiger partial charge in [-0.2, -0.15) is 0 Å². The van der Waals surface area contributed by atoms with E-state index in [1.165, 1.54) is 0 Å². The van der Waals surface area contributed by atoms with Gasteiger partial charge in [-0.3, -0.25) is 4.79 Å². The first-order chi connectivity index (χ1) is 8.65. The first-order valence-corrected chi connectivity index (χ1v) is 7.51. The van der Waals surface area contributed by atoms with Gasteiger partial charge in [0.05, 0.1) is 0 Å². The molecule has 0 spiro atoms. The van der Waals surface area contributed by atoms with Crippen LogP contribution in [0.25, 0.3) is 0 Å². The Labute approximate surface area is 113 Å². The lowest BCUT2D eigenvalue weighted by Crippen LogP contribution is -2.38. The highest BCUT2D eigenvalue weighted by atomic mass is 32.2. The van der Waals surface area contributed by atoms with E-state index in [1.807, 2.05) is 32.0 Å². The Morgan fingerprint density at radius 1 is 1.26 bits per heavy atom. The molecule has 6 heteroatoms. The number of carboxylic acid groups (broad SMARTS) is 1. The lowest BCUT2D eigenvalue weighted by Gasteiger charge is -2.19. The van der Waals surface area contributed by atoms with Crippen LogP contribution in [-0.2, 0) is 14.8 Å². The Kier molecular flexibility index (Phi) is 4.70. The van der Waals surface area contributed by atoms with Gasteiger partial charge in [-0.25, -0.2) is 13.1 Å². The predicted octanol–water partition coefficient (Wildman–Crippen LogP) is 1.76. The third-order valence-corrected chi connectivity index (χ3v) is 4.87. The van der Waals surface area contributed by atoms with Crippen LogP contribution in [0.1, 0.15) is 36.6 Å². The number of aryl methyl sites for hydroxylation is 2. The summed E-state index contributed by atoms with van der Waals surface area (Å²) in [6.07, 6.45) is 0. The summed E-state index contributed by atoms with van der Waals surface area (Å²) in [7, 11) is -3.89. The summed E-state index contributed by atoms with van der Waals surface area (Å²) in [6.45, 7) is 6.67. The van der Waals surface area contributed by atoms with Crippen LogP contribution in [0.15, 0.2) is 18.2 Å². The maximum atomic E-state index is 11.9. The van der Waals surface area contributed by atoms with Gasteiger partial charge < -0.3 is 5.11 Å². The highest BCUT2D eigenvalue weighted by Gasteiger charge is 2.29. The minimum atomic E-state index is -3.89. The van der Waals surface area contributed by atoms with E-state index in [2.05, 4.69) is 4.72 Å². The maximum Gasteiger partial charge on any atom is 0.323 e. The molecule has 1 aromatic rings. The minimum absolute atomic E-state index is 0.466. The zero-order chi connectivity index (χ0) is 14.8. The highest BCUT2D eigenvalue weighted by molar-refractivity contribution is 7.90. The van der Waals surface area contributed by atoms with Crippen LogP contribution in [-0.4, -0.2) is 24.7 Å². The molecule has 0 amide bonds. The molecule has 2 atom stereocenters. The number of nitrogens with one attached hydrogen (secondary N) is 1. The van der Waals surface area contributed by atoms with Crippen LogP contribution >= 0.6 is 0 Å². The topological polar surface area (TPSA) is 83.5 Å². The summed E-state index contributed by atoms with van der Waals surface area (Å²) in [5.74, 6) is -1.36. The number of hydrogen-bond donors (Lipinski definition) is 2. The summed E-state index contributed by atoms with van der Waals surface area (Å²) in [5.41, 5.74) is 2.84. The van der Waals surface area contributed by atoms with Crippen molar-refractivity contribution in [3.05, 3.63) is 34.9 Å². The molecule has 1 rings (SSSR count). The molecule has 5 nitrogen and oxygen atoms in total. The Morgan fingerprint density at radius 2 is 1.84 bits per heavy atom. The quantitative estimate of drug-likeness (QED) is 0.863. The molecule has 0 aliphatic rings. The largest absolute Gasteiger partial charge is 0.480 e. The number of rotatable bonds is 5. The average Bonchev–Trinajstić information content (AvgIpc) is 2.30. The van der Waals surface area contributed by atoms with Crippen molar-refractivity contribution in [2.75, 3.05) is 0 Å². The van der Waals surface area contributed by atoms with E-state index in [-0.39, 0.29) is 0 Å². The van der Waals surface area contributed by atoms with Crippen LogP contribution in [0.5, 0.6) is 0 Å².